The van der Waals surface area contributed by atoms with Gasteiger partial charge in [0.25, 0.3) is 0 Å². The summed E-state index contributed by atoms with van der Waals surface area (Å²) in [6.07, 6.45) is 2.23. The standard InChI is InChI=1S/C23H24N4O5/c1-30-18-9-6-16(7-10-18)12-14-25-23(28)27(22-19(26-29)5-4-13-24-22)17-8-11-20(31-2)21(15-17)32-3/h4-11,13,15H,12,14H2,1-3H3,(H,25,28)/p+1. The second-order valence-electron chi connectivity index (χ2n) is 6.70. The van der Waals surface area contributed by atoms with Crippen molar-refractivity contribution < 1.29 is 24.0 Å². The third kappa shape index (κ3) is 5.12. The van der Waals surface area contributed by atoms with Crippen LogP contribution in [0.2, 0.25) is 0 Å². The van der Waals surface area contributed by atoms with Crippen LogP contribution in [0.15, 0.2) is 66.0 Å². The highest BCUT2D eigenvalue weighted by Crippen LogP contribution is 2.36. The van der Waals surface area contributed by atoms with Gasteiger partial charge in [0.2, 0.25) is 0 Å². The van der Waals surface area contributed by atoms with E-state index < -0.39 is 6.03 Å². The van der Waals surface area contributed by atoms with Crippen molar-refractivity contribution in [1.82, 2.24) is 5.32 Å². The van der Waals surface area contributed by atoms with Crippen molar-refractivity contribution in [3.63, 3.8) is 0 Å². The van der Waals surface area contributed by atoms with Gasteiger partial charge in [-0.05, 0) is 53.6 Å². The van der Waals surface area contributed by atoms with Gasteiger partial charge in [0.1, 0.15) is 11.4 Å². The average Bonchev–Trinajstić information content (AvgIpc) is 2.84. The van der Waals surface area contributed by atoms with Gasteiger partial charge >= 0.3 is 11.8 Å². The molecule has 0 unspecified atom stereocenters. The zero-order valence-electron chi connectivity index (χ0n) is 18.1. The smallest absolute Gasteiger partial charge is 0.414 e. The van der Waals surface area contributed by atoms with Gasteiger partial charge in [-0.3, -0.25) is 0 Å². The Hall–Kier alpha value is -4.14. The number of carbonyl (C=O) groups excluding carboxylic acids is 1. The predicted octanol–water partition coefficient (Wildman–Crippen LogP) is 4.01. The molecule has 0 saturated heterocycles. The van der Waals surface area contributed by atoms with Gasteiger partial charge in [-0.15, -0.1) is 9.81 Å². The summed E-state index contributed by atoms with van der Waals surface area (Å²) in [6, 6.07) is 15.4. The van der Waals surface area contributed by atoms with Gasteiger partial charge in [0, 0.05) is 12.6 Å². The number of benzene rings is 2. The Labute approximate surface area is 185 Å². The number of ether oxygens (including phenoxy) is 3. The van der Waals surface area contributed by atoms with E-state index in [9.17, 15) is 9.70 Å². The number of nitrogens with zero attached hydrogens (tertiary/aromatic N) is 2. The molecule has 0 aliphatic heterocycles. The summed E-state index contributed by atoms with van der Waals surface area (Å²) in [7, 11) is 4.65. The highest BCUT2D eigenvalue weighted by Gasteiger charge is 2.31. The summed E-state index contributed by atoms with van der Waals surface area (Å²) in [5.74, 6) is 1.96. The second kappa shape index (κ2) is 10.8. The number of methoxy groups -OCH3 is 3. The summed E-state index contributed by atoms with van der Waals surface area (Å²) in [5, 5.41) is 5.94. The van der Waals surface area contributed by atoms with Gasteiger partial charge in [-0.25, -0.2) is 9.78 Å². The lowest BCUT2D eigenvalue weighted by Crippen LogP contribution is -2.40. The molecule has 0 radical (unpaired) electrons. The first kappa shape index (κ1) is 22.5. The van der Waals surface area contributed by atoms with Crippen LogP contribution in [-0.4, -0.2) is 33.9 Å². The lowest BCUT2D eigenvalue weighted by Gasteiger charge is -2.17. The van der Waals surface area contributed by atoms with Gasteiger partial charge in [-0.2, -0.15) is 0 Å². The molecule has 166 valence electrons. The number of hydrogen-bond donors (Lipinski definition) is 1. The Kier molecular flexibility index (Phi) is 7.58. The summed E-state index contributed by atoms with van der Waals surface area (Å²) in [6.45, 7) is 0.381. The van der Waals surface area contributed by atoms with Crippen LogP contribution < -0.4 is 29.4 Å². The fraction of sp³-hybridized carbons (Fsp3) is 0.217. The van der Waals surface area contributed by atoms with Gasteiger partial charge in [0.05, 0.1) is 27.5 Å². The maximum Gasteiger partial charge on any atom is 0.414 e. The molecule has 9 heteroatoms. The number of amides is 2. The minimum atomic E-state index is -0.432. The molecular formula is C23H25N4O5+. The number of hydrogen-bond acceptors (Lipinski definition) is 6. The lowest BCUT2D eigenvalue weighted by atomic mass is 10.1. The maximum absolute atomic E-state index is 13.2. The molecule has 3 rings (SSSR count). The first-order chi connectivity index (χ1) is 15.6. The van der Waals surface area contributed by atoms with Crippen molar-refractivity contribution >= 4 is 23.2 Å². The van der Waals surface area contributed by atoms with Crippen molar-refractivity contribution in [3.8, 4) is 17.2 Å². The Bertz CT molecular complexity index is 1070. The summed E-state index contributed by atoms with van der Waals surface area (Å²) in [5.41, 5.74) is 1.61. The largest absolute Gasteiger partial charge is 0.497 e. The Morgan fingerprint density at radius 1 is 1.00 bits per heavy atom. The molecule has 2 N–H and O–H groups in total. The van der Waals surface area contributed by atoms with E-state index in [0.717, 1.165) is 11.3 Å². The van der Waals surface area contributed by atoms with E-state index in [2.05, 4.69) is 15.5 Å². The monoisotopic (exact) mass is 437 g/mol. The molecule has 1 aromatic heterocycles. The van der Waals surface area contributed by atoms with E-state index in [-0.39, 0.29) is 11.5 Å². The van der Waals surface area contributed by atoms with Crippen LogP contribution >= 0.6 is 0 Å². The van der Waals surface area contributed by atoms with Crippen LogP contribution in [0.25, 0.3) is 0 Å². The molecular weight excluding hydrogens is 412 g/mol. The number of pyridine rings is 1. The Balaban J connectivity index is 1.86. The van der Waals surface area contributed by atoms with Crippen LogP contribution in [0.5, 0.6) is 17.2 Å². The maximum atomic E-state index is 13.2. The van der Waals surface area contributed by atoms with Gasteiger partial charge in [-0.1, -0.05) is 12.1 Å². The topological polar surface area (TPSA) is 104 Å². The minimum Gasteiger partial charge on any atom is -0.497 e. The van der Waals surface area contributed by atoms with Crippen LogP contribution in [0.1, 0.15) is 5.56 Å². The molecule has 9 nitrogen and oxygen atoms in total. The fourth-order valence-electron chi connectivity index (χ4n) is 3.17. The molecule has 0 fully saturated rings. The first-order valence-electron chi connectivity index (χ1n) is 9.88. The van der Waals surface area contributed by atoms with Gasteiger partial charge < -0.3 is 19.5 Å². The quantitative estimate of drug-likeness (QED) is 0.509. The fourth-order valence-corrected chi connectivity index (χ4v) is 3.17. The Morgan fingerprint density at radius 2 is 1.75 bits per heavy atom. The van der Waals surface area contributed by atoms with E-state index in [1.807, 2.05) is 24.3 Å². The summed E-state index contributed by atoms with van der Waals surface area (Å²) < 4.78 is 15.8. The molecule has 2 amide bonds. The number of urea groups is 1. The van der Waals surface area contributed by atoms with Crippen LogP contribution in [-0.2, 0) is 6.42 Å². The number of anilines is 2. The molecule has 0 aliphatic carbocycles. The van der Waals surface area contributed by atoms with Crippen LogP contribution in [0.4, 0.5) is 22.0 Å². The number of nitrogens with one attached hydrogen (secondary N) is 2. The van der Waals surface area contributed by atoms with Crippen molar-refractivity contribution in [2.24, 2.45) is 5.18 Å². The van der Waals surface area contributed by atoms with Crippen molar-refractivity contribution in [1.29, 1.82) is 0 Å². The number of rotatable bonds is 9. The molecule has 0 aliphatic rings. The zero-order chi connectivity index (χ0) is 22.9. The zero-order valence-corrected chi connectivity index (χ0v) is 18.1. The number of H-pyrrole nitrogens is 1. The predicted molar refractivity (Wildman–Crippen MR) is 120 cm³/mol. The third-order valence-corrected chi connectivity index (χ3v) is 4.81. The number of aromatic nitrogens is 1. The van der Waals surface area contributed by atoms with E-state index in [1.165, 1.54) is 25.2 Å². The molecule has 32 heavy (non-hydrogen) atoms. The molecule has 0 spiro atoms. The summed E-state index contributed by atoms with van der Waals surface area (Å²) >= 11 is 0. The van der Waals surface area contributed by atoms with E-state index in [0.29, 0.717) is 30.2 Å². The first-order valence-corrected chi connectivity index (χ1v) is 9.88. The second-order valence-corrected chi connectivity index (χ2v) is 6.70. The van der Waals surface area contributed by atoms with Crippen LogP contribution in [0, 0.1) is 4.91 Å². The number of carbonyl (C=O) groups is 1. The highest BCUT2D eigenvalue weighted by molar-refractivity contribution is 6.00. The van der Waals surface area contributed by atoms with Crippen molar-refractivity contribution in [3.05, 3.63) is 71.3 Å². The molecule has 0 atom stereocenters. The van der Waals surface area contributed by atoms with Crippen LogP contribution in [0.3, 0.4) is 0 Å². The highest BCUT2D eigenvalue weighted by atomic mass is 16.5. The molecule has 1 heterocycles. The average molecular weight is 437 g/mol. The molecule has 2 aromatic carbocycles. The lowest BCUT2D eigenvalue weighted by molar-refractivity contribution is -0.361. The van der Waals surface area contributed by atoms with E-state index >= 15 is 0 Å². The Morgan fingerprint density at radius 3 is 2.41 bits per heavy atom. The van der Waals surface area contributed by atoms with Crippen molar-refractivity contribution in [2.75, 3.05) is 32.8 Å². The van der Waals surface area contributed by atoms with E-state index in [1.54, 1.807) is 37.6 Å². The normalized spacial score (nSPS) is 10.2. The molecule has 3 aromatic rings. The van der Waals surface area contributed by atoms with E-state index in [4.69, 9.17) is 14.2 Å². The van der Waals surface area contributed by atoms with Gasteiger partial charge in [0.15, 0.2) is 17.2 Å². The number of aromatic amines is 1. The van der Waals surface area contributed by atoms with Crippen molar-refractivity contribution in [2.45, 2.75) is 6.42 Å². The molecule has 0 bridgehead atoms. The third-order valence-electron chi connectivity index (χ3n) is 4.81. The SMILES string of the molecule is COc1ccc(CCNC(=O)N(c2ccc(OC)c(OC)c2)c2[nH+]cccc2N=O)cc1. The summed E-state index contributed by atoms with van der Waals surface area (Å²) in [4.78, 5) is 28.9. The molecule has 0 saturated carbocycles. The minimum absolute atomic E-state index is 0.0904. The number of nitroso groups, excluding NO2 is 1.